The van der Waals surface area contributed by atoms with E-state index in [1.165, 1.54) is 0 Å². The number of nitrogens with zero attached hydrogens (tertiary/aromatic N) is 3. The van der Waals surface area contributed by atoms with Gasteiger partial charge in [-0.2, -0.15) is 0 Å². The van der Waals surface area contributed by atoms with E-state index in [4.69, 9.17) is 0 Å². The summed E-state index contributed by atoms with van der Waals surface area (Å²) in [5.41, 5.74) is 2.18. The molecule has 0 saturated carbocycles. The Labute approximate surface area is 123 Å². The number of benzene rings is 1. The van der Waals surface area contributed by atoms with Crippen LogP contribution in [0.5, 0.6) is 0 Å². The van der Waals surface area contributed by atoms with E-state index in [0.29, 0.717) is 12.4 Å². The van der Waals surface area contributed by atoms with E-state index >= 15 is 0 Å². The van der Waals surface area contributed by atoms with E-state index in [0.717, 1.165) is 17.7 Å². The summed E-state index contributed by atoms with van der Waals surface area (Å²) in [7, 11) is -1.80. The maximum atomic E-state index is 12.5. The second-order valence-electron chi connectivity index (χ2n) is 5.18. The van der Waals surface area contributed by atoms with Crippen LogP contribution >= 0.6 is 0 Å². The molecule has 8 heteroatoms. The third-order valence-electron chi connectivity index (χ3n) is 3.58. The van der Waals surface area contributed by atoms with Gasteiger partial charge in [0.2, 0.25) is 10.0 Å². The average Bonchev–Trinajstić information content (AvgIpc) is 3.05. The monoisotopic (exact) mass is 307 g/mol. The van der Waals surface area contributed by atoms with E-state index in [9.17, 15) is 8.42 Å². The van der Waals surface area contributed by atoms with Gasteiger partial charge in [-0.1, -0.05) is 6.07 Å². The van der Waals surface area contributed by atoms with Crippen molar-refractivity contribution in [3.05, 3.63) is 41.5 Å². The largest absolute Gasteiger partial charge is 0.319 e. The Morgan fingerprint density at radius 2 is 2.10 bits per heavy atom. The summed E-state index contributed by atoms with van der Waals surface area (Å²) in [6, 6.07) is 4.77. The third kappa shape index (κ3) is 2.69. The highest BCUT2D eigenvalue weighted by Gasteiger charge is 2.22. The van der Waals surface area contributed by atoms with Crippen LogP contribution in [-0.4, -0.2) is 23.2 Å². The molecule has 2 heterocycles. The van der Waals surface area contributed by atoms with E-state index in [-0.39, 0.29) is 4.90 Å². The highest BCUT2D eigenvalue weighted by Crippen LogP contribution is 2.21. The molecule has 0 saturated heterocycles. The van der Waals surface area contributed by atoms with Crippen LogP contribution in [0.15, 0.2) is 29.4 Å². The van der Waals surface area contributed by atoms with Gasteiger partial charge >= 0.3 is 0 Å². The maximum Gasteiger partial charge on any atom is 0.241 e. The molecule has 0 fully saturated rings. The molecular formula is C13H17N5O2S. The first-order chi connectivity index (χ1) is 9.97. The van der Waals surface area contributed by atoms with Gasteiger partial charge in [-0.15, -0.1) is 10.2 Å². The summed E-state index contributed by atoms with van der Waals surface area (Å²) < 4.78 is 29.2. The minimum absolute atomic E-state index is 0.277. The maximum absolute atomic E-state index is 12.5. The molecule has 1 unspecified atom stereocenters. The molecule has 2 aromatic rings. The van der Waals surface area contributed by atoms with Crippen molar-refractivity contribution in [3.8, 4) is 0 Å². The molecule has 0 radical (unpaired) electrons. The zero-order valence-electron chi connectivity index (χ0n) is 11.9. The first-order valence-electron chi connectivity index (χ1n) is 6.66. The Morgan fingerprint density at radius 1 is 1.33 bits per heavy atom. The number of fused-ring (bicyclic) bond motifs is 1. The van der Waals surface area contributed by atoms with Crippen LogP contribution in [0.3, 0.4) is 0 Å². The summed E-state index contributed by atoms with van der Waals surface area (Å²) in [6.45, 7) is 3.24. The predicted octanol–water partition coefficient (Wildman–Crippen LogP) is 0.458. The first-order valence-corrected chi connectivity index (χ1v) is 8.14. The Bertz CT molecular complexity index is 769. The lowest BCUT2D eigenvalue weighted by Crippen LogP contribution is -2.28. The number of aryl methyl sites for hydroxylation is 1. The Balaban J connectivity index is 1.86. The second-order valence-corrected chi connectivity index (χ2v) is 6.89. The van der Waals surface area contributed by atoms with Crippen LogP contribution in [-0.2, 0) is 30.2 Å². The molecule has 1 aliphatic heterocycles. The first kappa shape index (κ1) is 14.2. The number of aromatic nitrogens is 3. The van der Waals surface area contributed by atoms with E-state index < -0.39 is 16.1 Å². The minimum Gasteiger partial charge on any atom is -0.319 e. The van der Waals surface area contributed by atoms with Gasteiger partial charge in [0.25, 0.3) is 0 Å². The Hall–Kier alpha value is -1.77. The number of hydrogen-bond acceptors (Lipinski definition) is 5. The van der Waals surface area contributed by atoms with Crippen molar-refractivity contribution in [2.24, 2.45) is 7.05 Å². The fourth-order valence-electron chi connectivity index (χ4n) is 2.48. The molecular weight excluding hydrogens is 290 g/mol. The SMILES string of the molecule is CC(NS(=O)(=O)c1ccc2c(c1)CNC2)c1nncn1C. The Kier molecular flexibility index (Phi) is 3.52. The molecule has 3 rings (SSSR count). The fraction of sp³-hybridized carbons (Fsp3) is 0.385. The lowest BCUT2D eigenvalue weighted by atomic mass is 10.1. The second kappa shape index (κ2) is 5.21. The molecule has 0 bridgehead atoms. The van der Waals surface area contributed by atoms with E-state index in [2.05, 4.69) is 20.2 Å². The van der Waals surface area contributed by atoms with Gasteiger partial charge in [-0.3, -0.25) is 0 Å². The van der Waals surface area contributed by atoms with Crippen LogP contribution in [0, 0.1) is 0 Å². The molecule has 21 heavy (non-hydrogen) atoms. The van der Waals surface area contributed by atoms with Crippen LogP contribution in [0.25, 0.3) is 0 Å². The van der Waals surface area contributed by atoms with Crippen molar-refractivity contribution in [1.29, 1.82) is 0 Å². The molecule has 1 aromatic heterocycles. The van der Waals surface area contributed by atoms with Crippen LogP contribution in [0.4, 0.5) is 0 Å². The molecule has 0 amide bonds. The number of hydrogen-bond donors (Lipinski definition) is 2. The molecule has 1 atom stereocenters. The fourth-order valence-corrected chi connectivity index (χ4v) is 3.73. The minimum atomic E-state index is -3.58. The molecule has 1 aromatic carbocycles. The summed E-state index contributed by atoms with van der Waals surface area (Å²) in [4.78, 5) is 0.277. The number of sulfonamides is 1. The van der Waals surface area contributed by atoms with Gasteiger partial charge in [-0.05, 0) is 30.2 Å². The highest BCUT2D eigenvalue weighted by atomic mass is 32.2. The quantitative estimate of drug-likeness (QED) is 0.856. The zero-order valence-corrected chi connectivity index (χ0v) is 12.7. The summed E-state index contributed by atoms with van der Waals surface area (Å²) in [5, 5.41) is 10.9. The third-order valence-corrected chi connectivity index (χ3v) is 5.12. The molecule has 0 spiro atoms. The predicted molar refractivity (Wildman–Crippen MR) is 76.7 cm³/mol. The normalized spacial score (nSPS) is 15.9. The van der Waals surface area contributed by atoms with Gasteiger partial charge in [0.05, 0.1) is 10.9 Å². The van der Waals surface area contributed by atoms with Crippen molar-refractivity contribution in [3.63, 3.8) is 0 Å². The van der Waals surface area contributed by atoms with Gasteiger partial charge in [0.1, 0.15) is 12.2 Å². The Morgan fingerprint density at radius 3 is 2.81 bits per heavy atom. The molecule has 1 aliphatic rings. The van der Waals surface area contributed by atoms with Gasteiger partial charge < -0.3 is 9.88 Å². The number of nitrogens with one attached hydrogen (secondary N) is 2. The highest BCUT2D eigenvalue weighted by molar-refractivity contribution is 7.89. The molecule has 0 aliphatic carbocycles. The standard InChI is InChI=1S/C13H17N5O2S/c1-9(13-16-15-8-18(13)2)17-21(19,20)12-4-3-10-6-14-7-11(10)5-12/h3-5,8-9,14,17H,6-7H2,1-2H3. The van der Waals surface area contributed by atoms with Gasteiger partial charge in [0, 0.05) is 20.1 Å². The van der Waals surface area contributed by atoms with Crippen LogP contribution in [0.2, 0.25) is 0 Å². The summed E-state index contributed by atoms with van der Waals surface area (Å²) in [6.07, 6.45) is 1.54. The van der Waals surface area contributed by atoms with E-state index in [1.807, 2.05) is 6.07 Å². The summed E-state index contributed by atoms with van der Waals surface area (Å²) >= 11 is 0. The lowest BCUT2D eigenvalue weighted by Gasteiger charge is -2.14. The van der Waals surface area contributed by atoms with Crippen molar-refractivity contribution >= 4 is 10.0 Å². The molecule has 112 valence electrons. The van der Waals surface area contributed by atoms with Crippen molar-refractivity contribution in [1.82, 2.24) is 24.8 Å². The number of rotatable bonds is 4. The van der Waals surface area contributed by atoms with Crippen molar-refractivity contribution in [2.45, 2.75) is 31.0 Å². The van der Waals surface area contributed by atoms with Crippen LogP contribution in [0.1, 0.15) is 29.9 Å². The summed E-state index contributed by atoms with van der Waals surface area (Å²) in [5.74, 6) is 0.571. The van der Waals surface area contributed by atoms with Crippen molar-refractivity contribution < 1.29 is 8.42 Å². The lowest BCUT2D eigenvalue weighted by molar-refractivity contribution is 0.553. The zero-order chi connectivity index (χ0) is 15.0. The van der Waals surface area contributed by atoms with Gasteiger partial charge in [0.15, 0.2) is 0 Å². The average molecular weight is 307 g/mol. The van der Waals surface area contributed by atoms with Crippen LogP contribution < -0.4 is 10.0 Å². The topological polar surface area (TPSA) is 88.9 Å². The smallest absolute Gasteiger partial charge is 0.241 e. The molecule has 2 N–H and O–H groups in total. The van der Waals surface area contributed by atoms with E-state index in [1.54, 1.807) is 37.0 Å². The van der Waals surface area contributed by atoms with Crippen molar-refractivity contribution in [2.75, 3.05) is 0 Å². The van der Waals surface area contributed by atoms with Gasteiger partial charge in [-0.25, -0.2) is 13.1 Å². The molecule has 7 nitrogen and oxygen atoms in total.